The van der Waals surface area contributed by atoms with Gasteiger partial charge in [-0.05, 0) is 43.1 Å². The van der Waals surface area contributed by atoms with Gasteiger partial charge in [-0.25, -0.2) is 4.98 Å². The molecule has 1 aromatic heterocycles. The molecule has 2 aliphatic rings. The van der Waals surface area contributed by atoms with E-state index in [1.54, 1.807) is 0 Å². The first-order chi connectivity index (χ1) is 13.2. The molecule has 0 spiro atoms. The van der Waals surface area contributed by atoms with Crippen molar-refractivity contribution >= 4 is 11.7 Å². The number of amides is 1. The van der Waals surface area contributed by atoms with Gasteiger partial charge in [-0.3, -0.25) is 9.69 Å². The molecule has 1 saturated heterocycles. The van der Waals surface area contributed by atoms with Crippen LogP contribution in [0.2, 0.25) is 0 Å². The summed E-state index contributed by atoms with van der Waals surface area (Å²) >= 11 is 0. The van der Waals surface area contributed by atoms with E-state index in [1.807, 2.05) is 29.3 Å². The number of rotatable bonds is 5. The fraction of sp³-hybridized carbons (Fsp3) is 0.455. The van der Waals surface area contributed by atoms with E-state index in [0.717, 1.165) is 51.4 Å². The largest absolute Gasteiger partial charge is 0.353 e. The molecule has 2 aromatic rings. The van der Waals surface area contributed by atoms with E-state index in [-0.39, 0.29) is 5.91 Å². The van der Waals surface area contributed by atoms with E-state index in [1.165, 1.54) is 11.1 Å². The van der Waals surface area contributed by atoms with Crippen LogP contribution in [0.25, 0.3) is 0 Å². The molecule has 27 heavy (non-hydrogen) atoms. The number of aryl methyl sites for hydroxylation is 1. The first-order valence-electron chi connectivity index (χ1n) is 9.94. The Morgan fingerprint density at radius 1 is 1.11 bits per heavy atom. The summed E-state index contributed by atoms with van der Waals surface area (Å²) in [5.41, 5.74) is 2.91. The number of piperazine rings is 1. The van der Waals surface area contributed by atoms with Gasteiger partial charge in [0.1, 0.15) is 5.82 Å². The number of aromatic nitrogens is 1. The van der Waals surface area contributed by atoms with Gasteiger partial charge in [0.2, 0.25) is 5.91 Å². The third-order valence-corrected chi connectivity index (χ3v) is 5.92. The standard InChI is InChI=1S/C22H28N4O/c1-24(20-10-9-18-6-2-3-7-19(18)20)13-11-22(27)26-16-14-25(15-17-26)21-8-4-5-12-23-21/h2-8,12,20H,9-11,13-17H2,1H3/t20-/m0/s1. The van der Waals surface area contributed by atoms with Crippen molar-refractivity contribution in [3.05, 3.63) is 59.8 Å². The molecule has 0 N–H and O–H groups in total. The van der Waals surface area contributed by atoms with Crippen molar-refractivity contribution in [1.82, 2.24) is 14.8 Å². The predicted molar refractivity (Wildman–Crippen MR) is 108 cm³/mol. The van der Waals surface area contributed by atoms with Gasteiger partial charge in [0, 0.05) is 51.4 Å². The average Bonchev–Trinajstić information content (AvgIpc) is 3.17. The van der Waals surface area contributed by atoms with Gasteiger partial charge in [-0.1, -0.05) is 30.3 Å². The number of nitrogens with zero attached hydrogens (tertiary/aromatic N) is 4. The van der Waals surface area contributed by atoms with Gasteiger partial charge in [-0.15, -0.1) is 0 Å². The molecule has 0 bridgehead atoms. The Morgan fingerprint density at radius 3 is 2.67 bits per heavy atom. The van der Waals surface area contributed by atoms with E-state index >= 15 is 0 Å². The summed E-state index contributed by atoms with van der Waals surface area (Å²) in [5, 5.41) is 0. The predicted octanol–water partition coefficient (Wildman–Crippen LogP) is 2.74. The Morgan fingerprint density at radius 2 is 1.89 bits per heavy atom. The van der Waals surface area contributed by atoms with Crippen LogP contribution in [0.15, 0.2) is 48.7 Å². The molecule has 2 heterocycles. The van der Waals surface area contributed by atoms with E-state index in [9.17, 15) is 4.79 Å². The highest BCUT2D eigenvalue weighted by Gasteiger charge is 2.27. The second-order valence-corrected chi connectivity index (χ2v) is 7.54. The number of hydrogen-bond donors (Lipinski definition) is 0. The Labute approximate surface area is 161 Å². The van der Waals surface area contributed by atoms with Crippen LogP contribution in [0.1, 0.15) is 30.0 Å². The smallest absolute Gasteiger partial charge is 0.223 e. The molecule has 1 amide bonds. The maximum atomic E-state index is 12.7. The molecule has 1 aliphatic carbocycles. The SMILES string of the molecule is CN(CCC(=O)N1CCN(c2ccccn2)CC1)[C@H]1CCc2ccccc21. The third-order valence-electron chi connectivity index (χ3n) is 5.92. The van der Waals surface area contributed by atoms with Crippen LogP contribution in [-0.4, -0.2) is 60.5 Å². The van der Waals surface area contributed by atoms with E-state index in [0.29, 0.717) is 12.5 Å². The minimum atomic E-state index is 0.272. The lowest BCUT2D eigenvalue weighted by molar-refractivity contribution is -0.131. The van der Waals surface area contributed by atoms with Gasteiger partial charge in [-0.2, -0.15) is 0 Å². The molecule has 4 rings (SSSR count). The lowest BCUT2D eigenvalue weighted by atomic mass is 10.1. The van der Waals surface area contributed by atoms with Crippen molar-refractivity contribution in [2.75, 3.05) is 44.7 Å². The molecule has 5 nitrogen and oxygen atoms in total. The third kappa shape index (κ3) is 3.98. The van der Waals surface area contributed by atoms with Gasteiger partial charge >= 0.3 is 0 Å². The fourth-order valence-electron chi connectivity index (χ4n) is 4.30. The van der Waals surface area contributed by atoms with Gasteiger partial charge < -0.3 is 9.80 Å². The number of pyridine rings is 1. The van der Waals surface area contributed by atoms with Crippen LogP contribution in [0.5, 0.6) is 0 Å². The summed E-state index contributed by atoms with van der Waals surface area (Å²) in [6, 6.07) is 15.1. The number of benzene rings is 1. The van der Waals surface area contributed by atoms with Crippen LogP contribution in [0.3, 0.4) is 0 Å². The van der Waals surface area contributed by atoms with Crippen molar-refractivity contribution in [3.63, 3.8) is 0 Å². The van der Waals surface area contributed by atoms with Crippen LogP contribution >= 0.6 is 0 Å². The Hall–Kier alpha value is -2.40. The molecule has 1 atom stereocenters. The number of fused-ring (bicyclic) bond motifs is 1. The Balaban J connectivity index is 1.26. The Kier molecular flexibility index (Phi) is 5.39. The van der Waals surface area contributed by atoms with E-state index < -0.39 is 0 Å². The minimum Gasteiger partial charge on any atom is -0.353 e. The molecule has 1 fully saturated rings. The second-order valence-electron chi connectivity index (χ2n) is 7.54. The van der Waals surface area contributed by atoms with Crippen molar-refractivity contribution < 1.29 is 4.79 Å². The molecular weight excluding hydrogens is 336 g/mol. The molecule has 0 saturated carbocycles. The number of hydrogen-bond acceptors (Lipinski definition) is 4. The molecule has 0 unspecified atom stereocenters. The van der Waals surface area contributed by atoms with Gasteiger partial charge in [0.15, 0.2) is 0 Å². The average molecular weight is 364 g/mol. The number of carbonyl (C=O) groups is 1. The normalized spacial score (nSPS) is 19.4. The summed E-state index contributed by atoms with van der Waals surface area (Å²) in [6.07, 6.45) is 4.73. The highest BCUT2D eigenvalue weighted by Crippen LogP contribution is 2.34. The van der Waals surface area contributed by atoms with E-state index in [2.05, 4.69) is 46.1 Å². The monoisotopic (exact) mass is 364 g/mol. The van der Waals surface area contributed by atoms with Crippen LogP contribution < -0.4 is 4.90 Å². The molecule has 5 heteroatoms. The first-order valence-corrected chi connectivity index (χ1v) is 9.94. The first kappa shape index (κ1) is 18.0. The van der Waals surface area contributed by atoms with Crippen molar-refractivity contribution in [2.45, 2.75) is 25.3 Å². The zero-order chi connectivity index (χ0) is 18.6. The number of carbonyl (C=O) groups excluding carboxylic acids is 1. The summed E-state index contributed by atoms with van der Waals surface area (Å²) in [6.45, 7) is 4.10. The zero-order valence-electron chi connectivity index (χ0n) is 16.1. The fourth-order valence-corrected chi connectivity index (χ4v) is 4.30. The molecule has 0 radical (unpaired) electrons. The van der Waals surface area contributed by atoms with Crippen LogP contribution in [0.4, 0.5) is 5.82 Å². The van der Waals surface area contributed by atoms with Crippen molar-refractivity contribution in [1.29, 1.82) is 0 Å². The number of anilines is 1. The zero-order valence-corrected chi connectivity index (χ0v) is 16.1. The highest BCUT2D eigenvalue weighted by molar-refractivity contribution is 5.76. The maximum absolute atomic E-state index is 12.7. The molecule has 1 aliphatic heterocycles. The molecule has 1 aromatic carbocycles. The van der Waals surface area contributed by atoms with Crippen LogP contribution in [-0.2, 0) is 11.2 Å². The van der Waals surface area contributed by atoms with E-state index in [4.69, 9.17) is 0 Å². The maximum Gasteiger partial charge on any atom is 0.223 e. The summed E-state index contributed by atoms with van der Waals surface area (Å²) in [4.78, 5) is 23.7. The van der Waals surface area contributed by atoms with Crippen LogP contribution in [0, 0.1) is 0 Å². The highest BCUT2D eigenvalue weighted by atomic mass is 16.2. The summed E-state index contributed by atoms with van der Waals surface area (Å²) in [7, 11) is 2.15. The molecular formula is C22H28N4O. The Bertz CT molecular complexity index is 771. The van der Waals surface area contributed by atoms with Crippen molar-refractivity contribution in [2.24, 2.45) is 0 Å². The lowest BCUT2D eigenvalue weighted by Gasteiger charge is -2.36. The minimum absolute atomic E-state index is 0.272. The second kappa shape index (κ2) is 8.09. The van der Waals surface area contributed by atoms with Gasteiger partial charge in [0.05, 0.1) is 0 Å². The summed E-state index contributed by atoms with van der Waals surface area (Å²) in [5.74, 6) is 1.28. The van der Waals surface area contributed by atoms with Gasteiger partial charge in [0.25, 0.3) is 0 Å². The lowest BCUT2D eigenvalue weighted by Crippen LogP contribution is -2.49. The van der Waals surface area contributed by atoms with Crippen molar-refractivity contribution in [3.8, 4) is 0 Å². The quantitative estimate of drug-likeness (QED) is 0.818. The topological polar surface area (TPSA) is 39.7 Å². The molecule has 142 valence electrons. The summed E-state index contributed by atoms with van der Waals surface area (Å²) < 4.78 is 0.